The van der Waals surface area contributed by atoms with E-state index in [1.807, 2.05) is 0 Å². The highest BCUT2D eigenvalue weighted by molar-refractivity contribution is 5.51. The van der Waals surface area contributed by atoms with Crippen molar-refractivity contribution in [3.05, 3.63) is 129 Å². The van der Waals surface area contributed by atoms with Gasteiger partial charge in [-0.25, -0.2) is 0 Å². The van der Waals surface area contributed by atoms with Crippen molar-refractivity contribution in [3.8, 4) is 0 Å². The summed E-state index contributed by atoms with van der Waals surface area (Å²) in [5.74, 6) is 1.64. The fraction of sp³-hybridized carbons (Fsp3) is 0.500. The van der Waals surface area contributed by atoms with Crippen LogP contribution in [0.1, 0.15) is 173 Å². The molecule has 4 aromatic rings. The average Bonchev–Trinajstić information content (AvgIpc) is 3.13. The molecule has 50 heavy (non-hydrogen) atoms. The number of benzene rings is 4. The van der Waals surface area contributed by atoms with E-state index in [-0.39, 0.29) is 5.41 Å². The third-order valence-electron chi connectivity index (χ3n) is 12.3. The SMILES string of the molecule is CCCCCCC(c1ccc(C2(c3ccc(C(CCCCCC)c4ccc(N)cc4C)cc3)CCC(CC)CC2)cc1)c1ccc(N)cc1C. The summed E-state index contributed by atoms with van der Waals surface area (Å²) in [6, 6.07) is 32.9. The van der Waals surface area contributed by atoms with Gasteiger partial charge in [-0.3, -0.25) is 0 Å². The molecule has 4 N–H and O–H groups in total. The molecule has 2 nitrogen and oxygen atoms in total. The van der Waals surface area contributed by atoms with Gasteiger partial charge in [-0.2, -0.15) is 0 Å². The standard InChI is InChI=1S/C48H66N2/c1-6-9-11-13-15-46(44-27-25-42(49)33-35(44)4)38-17-21-40(22-18-38)48(31-29-37(8-3)30-32-48)41-23-19-39(20-24-41)47(16-14-12-10-7-2)45-28-26-43(50)34-36(45)5/h17-28,33-34,37,46-47H,6-16,29-32,49-50H2,1-5H3. The van der Waals surface area contributed by atoms with Gasteiger partial charge in [-0.05, 0) is 127 Å². The number of aryl methyl sites for hydroxylation is 2. The van der Waals surface area contributed by atoms with Crippen LogP contribution in [-0.2, 0) is 5.41 Å². The summed E-state index contributed by atoms with van der Waals surface area (Å²) in [7, 11) is 0. The van der Waals surface area contributed by atoms with Crippen molar-refractivity contribution in [2.75, 3.05) is 11.5 Å². The van der Waals surface area contributed by atoms with Gasteiger partial charge < -0.3 is 11.5 Å². The first-order valence-electron chi connectivity index (χ1n) is 20.2. The molecule has 0 aliphatic heterocycles. The maximum Gasteiger partial charge on any atom is 0.0316 e. The molecule has 0 heterocycles. The Bertz CT molecular complexity index is 1490. The van der Waals surface area contributed by atoms with Crippen molar-refractivity contribution in [2.45, 2.75) is 148 Å². The third-order valence-corrected chi connectivity index (χ3v) is 12.3. The summed E-state index contributed by atoms with van der Waals surface area (Å²) in [6.45, 7) is 11.4. The molecule has 2 unspecified atom stereocenters. The first-order valence-corrected chi connectivity index (χ1v) is 20.2. The van der Waals surface area contributed by atoms with Crippen molar-refractivity contribution in [1.29, 1.82) is 0 Å². The fourth-order valence-corrected chi connectivity index (χ4v) is 9.13. The first kappa shape index (κ1) is 37.7. The number of rotatable bonds is 17. The Morgan fingerprint density at radius 1 is 0.560 bits per heavy atom. The first-order chi connectivity index (χ1) is 24.3. The molecule has 268 valence electrons. The lowest BCUT2D eigenvalue weighted by Crippen LogP contribution is -2.33. The number of hydrogen-bond acceptors (Lipinski definition) is 2. The minimum Gasteiger partial charge on any atom is -0.399 e. The van der Waals surface area contributed by atoms with Crippen LogP contribution in [0.25, 0.3) is 0 Å². The smallest absolute Gasteiger partial charge is 0.0316 e. The maximum atomic E-state index is 6.19. The van der Waals surface area contributed by atoms with Gasteiger partial charge in [0.2, 0.25) is 0 Å². The van der Waals surface area contributed by atoms with Crippen LogP contribution in [0.5, 0.6) is 0 Å². The second kappa shape index (κ2) is 18.1. The zero-order valence-corrected chi connectivity index (χ0v) is 32.1. The van der Waals surface area contributed by atoms with E-state index in [0.29, 0.717) is 11.8 Å². The Balaban J connectivity index is 1.47. The predicted molar refractivity (Wildman–Crippen MR) is 218 cm³/mol. The summed E-state index contributed by atoms with van der Waals surface area (Å²) in [5.41, 5.74) is 25.5. The lowest BCUT2D eigenvalue weighted by atomic mass is 9.62. The molecule has 1 aliphatic carbocycles. The topological polar surface area (TPSA) is 52.0 Å². The van der Waals surface area contributed by atoms with Crippen LogP contribution in [0.4, 0.5) is 11.4 Å². The highest BCUT2D eigenvalue weighted by Crippen LogP contribution is 2.48. The quantitative estimate of drug-likeness (QED) is 0.0867. The molecule has 5 rings (SSSR count). The van der Waals surface area contributed by atoms with Crippen LogP contribution in [0, 0.1) is 19.8 Å². The van der Waals surface area contributed by atoms with E-state index in [9.17, 15) is 0 Å². The number of hydrogen-bond donors (Lipinski definition) is 2. The Morgan fingerprint density at radius 2 is 0.980 bits per heavy atom. The molecular formula is C48H66N2. The number of nitrogens with two attached hydrogens (primary N) is 2. The van der Waals surface area contributed by atoms with Crippen molar-refractivity contribution in [2.24, 2.45) is 5.92 Å². The lowest BCUT2D eigenvalue weighted by molar-refractivity contribution is 0.260. The summed E-state index contributed by atoms with van der Waals surface area (Å²) in [4.78, 5) is 0. The van der Waals surface area contributed by atoms with E-state index in [4.69, 9.17) is 11.5 Å². The van der Waals surface area contributed by atoms with E-state index in [1.54, 1.807) is 0 Å². The van der Waals surface area contributed by atoms with Gasteiger partial charge >= 0.3 is 0 Å². The molecule has 2 atom stereocenters. The van der Waals surface area contributed by atoms with Gasteiger partial charge in [0, 0.05) is 28.6 Å². The van der Waals surface area contributed by atoms with Crippen LogP contribution < -0.4 is 11.5 Å². The largest absolute Gasteiger partial charge is 0.399 e. The molecule has 1 saturated carbocycles. The van der Waals surface area contributed by atoms with E-state index >= 15 is 0 Å². The molecule has 0 bridgehead atoms. The number of unbranched alkanes of at least 4 members (excludes halogenated alkanes) is 6. The molecule has 1 aliphatic rings. The Morgan fingerprint density at radius 3 is 1.34 bits per heavy atom. The zero-order chi connectivity index (χ0) is 35.5. The van der Waals surface area contributed by atoms with Crippen LogP contribution >= 0.6 is 0 Å². The molecule has 1 fully saturated rings. The average molecular weight is 671 g/mol. The predicted octanol–water partition coefficient (Wildman–Crippen LogP) is 13.6. The lowest BCUT2D eigenvalue weighted by Gasteiger charge is -2.41. The van der Waals surface area contributed by atoms with Crippen molar-refractivity contribution < 1.29 is 0 Å². The molecular weight excluding hydrogens is 605 g/mol. The van der Waals surface area contributed by atoms with Crippen LogP contribution in [0.3, 0.4) is 0 Å². The second-order valence-corrected chi connectivity index (χ2v) is 15.7. The van der Waals surface area contributed by atoms with Gasteiger partial charge in [-0.15, -0.1) is 0 Å². The summed E-state index contributed by atoms with van der Waals surface area (Å²) < 4.78 is 0. The fourth-order valence-electron chi connectivity index (χ4n) is 9.13. The van der Waals surface area contributed by atoms with Crippen LogP contribution in [-0.4, -0.2) is 0 Å². The van der Waals surface area contributed by atoms with E-state index in [1.165, 1.54) is 141 Å². The Labute approximate surface area is 305 Å². The molecule has 0 saturated heterocycles. The molecule has 0 amide bonds. The van der Waals surface area contributed by atoms with Gasteiger partial charge in [0.15, 0.2) is 0 Å². The number of anilines is 2. The second-order valence-electron chi connectivity index (χ2n) is 15.7. The Kier molecular flexibility index (Phi) is 13.7. The van der Waals surface area contributed by atoms with E-state index < -0.39 is 0 Å². The highest BCUT2D eigenvalue weighted by atomic mass is 14.5. The van der Waals surface area contributed by atoms with Gasteiger partial charge in [0.25, 0.3) is 0 Å². The molecule has 0 radical (unpaired) electrons. The van der Waals surface area contributed by atoms with E-state index in [0.717, 1.165) is 17.3 Å². The molecule has 2 heteroatoms. The van der Waals surface area contributed by atoms with Crippen LogP contribution in [0.2, 0.25) is 0 Å². The van der Waals surface area contributed by atoms with Crippen molar-refractivity contribution >= 4 is 11.4 Å². The summed E-state index contributed by atoms with van der Waals surface area (Å²) in [6.07, 6.45) is 19.0. The molecule has 4 aromatic carbocycles. The van der Waals surface area contributed by atoms with Gasteiger partial charge in [0.1, 0.15) is 0 Å². The summed E-state index contributed by atoms with van der Waals surface area (Å²) >= 11 is 0. The third kappa shape index (κ3) is 9.03. The summed E-state index contributed by atoms with van der Waals surface area (Å²) in [5, 5.41) is 0. The monoisotopic (exact) mass is 671 g/mol. The molecule has 0 aromatic heterocycles. The van der Waals surface area contributed by atoms with Crippen molar-refractivity contribution in [3.63, 3.8) is 0 Å². The van der Waals surface area contributed by atoms with Crippen molar-refractivity contribution in [1.82, 2.24) is 0 Å². The normalized spacial score (nSPS) is 18.9. The maximum absolute atomic E-state index is 6.19. The Hall–Kier alpha value is -3.52. The van der Waals surface area contributed by atoms with Crippen LogP contribution in [0.15, 0.2) is 84.9 Å². The minimum atomic E-state index is 0.0597. The van der Waals surface area contributed by atoms with Gasteiger partial charge in [-0.1, -0.05) is 139 Å². The van der Waals surface area contributed by atoms with E-state index in [2.05, 4.69) is 120 Å². The number of nitrogen functional groups attached to an aromatic ring is 2. The molecule has 0 spiro atoms. The minimum absolute atomic E-state index is 0.0597. The zero-order valence-electron chi connectivity index (χ0n) is 32.1. The van der Waals surface area contributed by atoms with Gasteiger partial charge in [0.05, 0.1) is 0 Å². The highest BCUT2D eigenvalue weighted by Gasteiger charge is 2.38.